The number of halogens is 1. The Kier molecular flexibility index (Phi) is 5.84. The quantitative estimate of drug-likeness (QED) is 0.551. The normalized spacial score (nSPS) is 14.6. The molecular formula is C23H21FN2O4S. The van der Waals surface area contributed by atoms with Crippen molar-refractivity contribution in [2.24, 2.45) is 0 Å². The van der Waals surface area contributed by atoms with E-state index < -0.39 is 15.6 Å². The number of sulfonamides is 1. The number of pyridine rings is 1. The van der Waals surface area contributed by atoms with Crippen molar-refractivity contribution < 1.29 is 17.6 Å². The van der Waals surface area contributed by atoms with E-state index in [4.69, 9.17) is 0 Å². The van der Waals surface area contributed by atoms with Gasteiger partial charge in [0.15, 0.2) is 5.78 Å². The molecule has 31 heavy (non-hydrogen) atoms. The molecule has 0 aliphatic carbocycles. The lowest BCUT2D eigenvalue weighted by atomic mass is 10.0. The molecule has 0 spiro atoms. The highest BCUT2D eigenvalue weighted by Gasteiger charge is 2.27. The van der Waals surface area contributed by atoms with E-state index in [1.165, 1.54) is 22.6 Å². The molecule has 0 saturated carbocycles. The van der Waals surface area contributed by atoms with Crippen molar-refractivity contribution in [1.82, 2.24) is 8.87 Å². The predicted molar refractivity (Wildman–Crippen MR) is 115 cm³/mol. The van der Waals surface area contributed by atoms with Crippen molar-refractivity contribution in [2.75, 3.05) is 13.1 Å². The standard InChI is InChI=1S/C23H21FN2O4S/c24-21-6-2-1-5-20(21)17-7-9-18(10-8-17)22(27)16-25-15-19(11-12-23(25)28)31(29,30)26-13-3-4-14-26/h1-2,5-12,15H,3-4,13-14,16H2. The second kappa shape index (κ2) is 8.56. The third-order valence-corrected chi connectivity index (χ3v) is 7.25. The Bertz CT molecular complexity index is 1280. The highest BCUT2D eigenvalue weighted by molar-refractivity contribution is 7.89. The van der Waals surface area contributed by atoms with E-state index in [2.05, 4.69) is 0 Å². The number of carbonyl (C=O) groups excluding carboxylic acids is 1. The number of nitrogens with zero attached hydrogens (tertiary/aromatic N) is 2. The first-order chi connectivity index (χ1) is 14.9. The van der Waals surface area contributed by atoms with Gasteiger partial charge >= 0.3 is 0 Å². The zero-order valence-electron chi connectivity index (χ0n) is 16.7. The molecule has 2 aromatic carbocycles. The van der Waals surface area contributed by atoms with Crippen molar-refractivity contribution in [1.29, 1.82) is 0 Å². The lowest BCUT2D eigenvalue weighted by Crippen LogP contribution is -2.30. The summed E-state index contributed by atoms with van der Waals surface area (Å²) in [7, 11) is -3.69. The van der Waals surface area contributed by atoms with Crippen LogP contribution in [-0.2, 0) is 16.6 Å². The number of hydrogen-bond donors (Lipinski definition) is 0. The first-order valence-corrected chi connectivity index (χ1v) is 11.4. The number of hydrogen-bond acceptors (Lipinski definition) is 4. The molecule has 160 valence electrons. The Labute approximate surface area is 179 Å². The maximum absolute atomic E-state index is 14.0. The van der Waals surface area contributed by atoms with Gasteiger partial charge in [0.05, 0.1) is 11.4 Å². The molecule has 1 saturated heterocycles. The molecule has 1 fully saturated rings. The average Bonchev–Trinajstić information content (AvgIpc) is 3.31. The van der Waals surface area contributed by atoms with Crippen LogP contribution in [0.15, 0.2) is 76.6 Å². The van der Waals surface area contributed by atoms with E-state index in [1.807, 2.05) is 0 Å². The van der Waals surface area contributed by atoms with Gasteiger partial charge in [-0.05, 0) is 30.5 Å². The molecule has 0 radical (unpaired) electrons. The summed E-state index contributed by atoms with van der Waals surface area (Å²) in [5.41, 5.74) is 0.944. The Morgan fingerprint density at radius 1 is 0.935 bits per heavy atom. The molecule has 6 nitrogen and oxygen atoms in total. The number of ketones is 1. The van der Waals surface area contributed by atoms with Crippen LogP contribution >= 0.6 is 0 Å². The van der Waals surface area contributed by atoms with Gasteiger partial charge in [0.25, 0.3) is 5.56 Å². The van der Waals surface area contributed by atoms with E-state index in [1.54, 1.807) is 42.5 Å². The van der Waals surface area contributed by atoms with Crippen molar-refractivity contribution in [2.45, 2.75) is 24.3 Å². The van der Waals surface area contributed by atoms with Crippen molar-refractivity contribution in [3.05, 3.63) is 88.6 Å². The summed E-state index contributed by atoms with van der Waals surface area (Å²) in [6.45, 7) is 0.616. The van der Waals surface area contributed by atoms with Gasteiger partial charge in [0.1, 0.15) is 5.82 Å². The summed E-state index contributed by atoms with van der Waals surface area (Å²) in [6.07, 6.45) is 2.84. The van der Waals surface area contributed by atoms with Crippen LogP contribution in [0.25, 0.3) is 11.1 Å². The van der Waals surface area contributed by atoms with Gasteiger partial charge in [0, 0.05) is 36.5 Å². The van der Waals surface area contributed by atoms with E-state index >= 15 is 0 Å². The Hall–Kier alpha value is -3.10. The molecule has 2 heterocycles. The van der Waals surface area contributed by atoms with Gasteiger partial charge in [0.2, 0.25) is 10.0 Å². The smallest absolute Gasteiger partial charge is 0.251 e. The maximum Gasteiger partial charge on any atom is 0.251 e. The van der Waals surface area contributed by atoms with Crippen LogP contribution < -0.4 is 5.56 Å². The maximum atomic E-state index is 14.0. The van der Waals surface area contributed by atoms with Gasteiger partial charge < -0.3 is 4.57 Å². The van der Waals surface area contributed by atoms with Gasteiger partial charge in [-0.3, -0.25) is 9.59 Å². The fourth-order valence-corrected chi connectivity index (χ4v) is 5.18. The van der Waals surface area contributed by atoms with Crippen LogP contribution in [0.2, 0.25) is 0 Å². The summed E-state index contributed by atoms with van der Waals surface area (Å²) in [6, 6.07) is 15.2. The summed E-state index contributed by atoms with van der Waals surface area (Å²) in [4.78, 5) is 24.9. The third-order valence-electron chi connectivity index (χ3n) is 5.36. The Morgan fingerprint density at radius 2 is 1.61 bits per heavy atom. The van der Waals surface area contributed by atoms with Crippen molar-refractivity contribution in [3.63, 3.8) is 0 Å². The van der Waals surface area contributed by atoms with E-state index in [9.17, 15) is 22.4 Å². The fourth-order valence-electron chi connectivity index (χ4n) is 3.64. The number of carbonyl (C=O) groups is 1. The molecule has 3 aromatic rings. The molecule has 0 bridgehead atoms. The Balaban J connectivity index is 1.56. The first-order valence-electron chi connectivity index (χ1n) is 9.95. The van der Waals surface area contributed by atoms with E-state index in [0.717, 1.165) is 23.5 Å². The summed E-state index contributed by atoms with van der Waals surface area (Å²) < 4.78 is 41.9. The van der Waals surface area contributed by atoms with Gasteiger partial charge in [-0.1, -0.05) is 42.5 Å². The minimum atomic E-state index is -3.69. The van der Waals surface area contributed by atoms with Crippen LogP contribution in [0.4, 0.5) is 4.39 Å². The van der Waals surface area contributed by atoms with Gasteiger partial charge in [-0.2, -0.15) is 4.31 Å². The molecule has 0 unspecified atom stereocenters. The molecule has 0 atom stereocenters. The molecule has 1 aliphatic rings. The molecule has 8 heteroatoms. The largest absolute Gasteiger partial charge is 0.306 e. The average molecular weight is 440 g/mol. The highest BCUT2D eigenvalue weighted by atomic mass is 32.2. The minimum absolute atomic E-state index is 0.00305. The molecule has 0 N–H and O–H groups in total. The zero-order chi connectivity index (χ0) is 22.0. The zero-order valence-corrected chi connectivity index (χ0v) is 17.5. The first kappa shape index (κ1) is 21.1. The van der Waals surface area contributed by atoms with Gasteiger partial charge in [-0.15, -0.1) is 0 Å². The summed E-state index contributed by atoms with van der Waals surface area (Å²) >= 11 is 0. The van der Waals surface area contributed by atoms with Crippen molar-refractivity contribution in [3.8, 4) is 11.1 Å². The number of benzene rings is 2. The minimum Gasteiger partial charge on any atom is -0.306 e. The van der Waals surface area contributed by atoms with Crippen LogP contribution in [0.5, 0.6) is 0 Å². The van der Waals surface area contributed by atoms with Crippen LogP contribution in [0, 0.1) is 5.82 Å². The van der Waals surface area contributed by atoms with Crippen LogP contribution in [0.1, 0.15) is 23.2 Å². The third kappa shape index (κ3) is 4.35. The number of Topliss-reactive ketones (excluding diaryl/α,β-unsaturated/α-hetero) is 1. The fraction of sp³-hybridized carbons (Fsp3) is 0.217. The van der Waals surface area contributed by atoms with E-state index in [-0.39, 0.29) is 23.0 Å². The van der Waals surface area contributed by atoms with E-state index in [0.29, 0.717) is 29.8 Å². The molecule has 1 aromatic heterocycles. The lowest BCUT2D eigenvalue weighted by molar-refractivity contribution is 0.0970. The summed E-state index contributed by atoms with van der Waals surface area (Å²) in [5.74, 6) is -0.706. The number of rotatable bonds is 6. The topological polar surface area (TPSA) is 76.5 Å². The predicted octanol–water partition coefficient (Wildman–Crippen LogP) is 3.32. The second-order valence-corrected chi connectivity index (χ2v) is 9.36. The Morgan fingerprint density at radius 3 is 2.29 bits per heavy atom. The molecule has 4 rings (SSSR count). The highest BCUT2D eigenvalue weighted by Crippen LogP contribution is 2.23. The molecular weight excluding hydrogens is 419 g/mol. The SMILES string of the molecule is O=C(Cn1cc(S(=O)(=O)N2CCCC2)ccc1=O)c1ccc(-c2ccccc2F)cc1. The second-order valence-electron chi connectivity index (χ2n) is 7.42. The van der Waals surface area contributed by atoms with Crippen molar-refractivity contribution >= 4 is 15.8 Å². The molecule has 1 aliphatic heterocycles. The number of aromatic nitrogens is 1. The monoisotopic (exact) mass is 440 g/mol. The molecule has 0 amide bonds. The van der Waals surface area contributed by atoms with Crippen LogP contribution in [-0.4, -0.2) is 36.2 Å². The van der Waals surface area contributed by atoms with Crippen LogP contribution in [0.3, 0.4) is 0 Å². The lowest BCUT2D eigenvalue weighted by Gasteiger charge is -2.16. The summed E-state index contributed by atoms with van der Waals surface area (Å²) in [5, 5.41) is 0. The van der Waals surface area contributed by atoms with Gasteiger partial charge in [-0.25, -0.2) is 12.8 Å².